The maximum atomic E-state index is 13.4. The first-order valence-electron chi connectivity index (χ1n) is 34.2. The number of hydrogen-bond donors (Lipinski definition) is 12. The predicted octanol–water partition coefficient (Wildman–Crippen LogP) is 8.44. The van der Waals surface area contributed by atoms with Crippen LogP contribution < -0.4 is 5.32 Å². The van der Waals surface area contributed by atoms with E-state index >= 15 is 0 Å². The molecular weight excluding hydrogens is 1110 g/mol. The minimum atomic E-state index is -1.98. The Kier molecular flexibility index (Phi) is 45.2. The summed E-state index contributed by atoms with van der Waals surface area (Å²) in [5, 5.41) is 120. The van der Waals surface area contributed by atoms with E-state index in [4.69, 9.17) is 28.4 Å². The highest BCUT2D eigenvalue weighted by Gasteiger charge is 2.53. The van der Waals surface area contributed by atoms with Crippen LogP contribution in [0.3, 0.4) is 0 Å². The summed E-state index contributed by atoms with van der Waals surface area (Å²) < 4.78 is 34.3. The van der Waals surface area contributed by atoms with Crippen LogP contribution in [0.25, 0.3) is 0 Å². The van der Waals surface area contributed by atoms with Crippen LogP contribution in [0.2, 0.25) is 0 Å². The van der Waals surface area contributed by atoms with Crippen molar-refractivity contribution < 1.29 is 89.4 Å². The topological polar surface area (TPSA) is 307 Å². The van der Waals surface area contributed by atoms with Crippen LogP contribution >= 0.6 is 0 Å². The molecule has 86 heavy (non-hydrogen) atoms. The predicted molar refractivity (Wildman–Crippen MR) is 333 cm³/mol. The second-order valence-corrected chi connectivity index (χ2v) is 24.6. The molecule has 3 aliphatic rings. The van der Waals surface area contributed by atoms with Gasteiger partial charge < -0.3 is 89.9 Å². The van der Waals surface area contributed by atoms with E-state index in [2.05, 4.69) is 43.5 Å². The lowest BCUT2D eigenvalue weighted by molar-refractivity contribution is -0.379. The van der Waals surface area contributed by atoms with E-state index in [1.807, 2.05) is 6.08 Å². The Balaban J connectivity index is 1.38. The molecule has 0 aromatic carbocycles. The van der Waals surface area contributed by atoms with Crippen LogP contribution in [0, 0.1) is 0 Å². The number of amides is 1. The van der Waals surface area contributed by atoms with Crippen molar-refractivity contribution >= 4 is 5.91 Å². The number of carbonyl (C=O) groups is 1. The highest BCUT2D eigenvalue weighted by atomic mass is 16.8. The molecule has 504 valence electrons. The number of allylic oxidation sites excluding steroid dienone is 5. The number of aliphatic hydroxyl groups is 11. The third kappa shape index (κ3) is 31.8. The molecule has 17 unspecified atom stereocenters. The van der Waals surface area contributed by atoms with Gasteiger partial charge in [-0.3, -0.25) is 4.79 Å². The summed E-state index contributed by atoms with van der Waals surface area (Å²) in [5.41, 5.74) is 0. The molecule has 0 aliphatic carbocycles. The van der Waals surface area contributed by atoms with E-state index in [1.165, 1.54) is 180 Å². The van der Waals surface area contributed by atoms with Crippen molar-refractivity contribution in [3.63, 3.8) is 0 Å². The van der Waals surface area contributed by atoms with Crippen LogP contribution in [0.1, 0.15) is 251 Å². The van der Waals surface area contributed by atoms with Crippen LogP contribution in [-0.4, -0.2) is 193 Å². The van der Waals surface area contributed by atoms with Gasteiger partial charge in [0.15, 0.2) is 18.9 Å². The third-order valence-corrected chi connectivity index (χ3v) is 17.2. The van der Waals surface area contributed by atoms with Gasteiger partial charge in [-0.05, 0) is 57.8 Å². The number of ether oxygens (including phenoxy) is 6. The second kappa shape index (κ2) is 49.7. The van der Waals surface area contributed by atoms with Gasteiger partial charge in [-0.15, -0.1) is 0 Å². The number of unbranched alkanes of at least 4 members (excludes halogenated alkanes) is 32. The van der Waals surface area contributed by atoms with Crippen molar-refractivity contribution in [1.82, 2.24) is 5.32 Å². The fraction of sp³-hybridized carbons (Fsp3) is 0.896. The molecule has 3 saturated heterocycles. The summed E-state index contributed by atoms with van der Waals surface area (Å²) in [6, 6.07) is -0.987. The van der Waals surface area contributed by atoms with Crippen LogP contribution in [0.15, 0.2) is 36.5 Å². The van der Waals surface area contributed by atoms with Gasteiger partial charge in [0, 0.05) is 6.42 Å². The van der Waals surface area contributed by atoms with Crippen molar-refractivity contribution in [2.45, 2.75) is 356 Å². The summed E-state index contributed by atoms with van der Waals surface area (Å²) in [4.78, 5) is 13.4. The summed E-state index contributed by atoms with van der Waals surface area (Å²) in [5.74, 6) is -0.284. The Hall–Kier alpha value is -1.99. The quantitative estimate of drug-likeness (QED) is 0.0201. The van der Waals surface area contributed by atoms with Gasteiger partial charge >= 0.3 is 0 Å². The van der Waals surface area contributed by atoms with Gasteiger partial charge in [0.05, 0.1) is 38.6 Å². The molecule has 0 aromatic rings. The highest BCUT2D eigenvalue weighted by Crippen LogP contribution is 2.33. The van der Waals surface area contributed by atoms with Crippen molar-refractivity contribution in [2.24, 2.45) is 0 Å². The molecule has 12 N–H and O–H groups in total. The minimum Gasteiger partial charge on any atom is -0.394 e. The molecule has 0 saturated carbocycles. The average Bonchev–Trinajstić information content (AvgIpc) is 3.36. The van der Waals surface area contributed by atoms with Gasteiger partial charge in [-0.25, -0.2) is 0 Å². The minimum absolute atomic E-state index is 0.238. The zero-order valence-electron chi connectivity index (χ0n) is 53.0. The molecular formula is C67H123NO18. The largest absolute Gasteiger partial charge is 0.394 e. The standard InChI is InChI=1S/C67H123NO18/c1-3-5-7-9-11-13-15-17-18-19-20-21-22-23-24-25-26-27-28-29-30-31-32-33-35-37-39-41-43-45-55(73)68-50(51(72)44-42-40-38-36-34-16-14-12-10-8-6-4-2)49-81-65-61(79)58(76)63(53(47-70)83-65)86-67-62(80)59(77)64(54(48-71)84-67)85-66-60(78)57(75)56(74)52(46-69)82-66/h19-20,34,36,42,44,50-54,56-67,69-72,74-80H,3-18,21-33,35,37-41,43,45-49H2,1-2H3,(H,68,73)/b20-19-,36-34+,44-42+. The Morgan fingerprint density at radius 2 is 0.744 bits per heavy atom. The highest BCUT2D eigenvalue weighted by molar-refractivity contribution is 5.76. The Morgan fingerprint density at radius 3 is 1.16 bits per heavy atom. The van der Waals surface area contributed by atoms with E-state index in [-0.39, 0.29) is 18.9 Å². The maximum Gasteiger partial charge on any atom is 0.220 e. The van der Waals surface area contributed by atoms with Gasteiger partial charge in [-0.2, -0.15) is 0 Å². The summed E-state index contributed by atoms with van der Waals surface area (Å²) in [6.45, 7) is 1.70. The maximum absolute atomic E-state index is 13.4. The molecule has 19 heteroatoms. The lowest BCUT2D eigenvalue weighted by Crippen LogP contribution is -2.66. The molecule has 0 radical (unpaired) electrons. The summed E-state index contributed by atoms with van der Waals surface area (Å²) >= 11 is 0. The smallest absolute Gasteiger partial charge is 0.220 e. The first-order chi connectivity index (χ1) is 41.8. The molecule has 3 fully saturated rings. The van der Waals surface area contributed by atoms with Crippen molar-refractivity contribution in [2.75, 3.05) is 26.4 Å². The van der Waals surface area contributed by atoms with Gasteiger partial charge in [0.2, 0.25) is 5.91 Å². The average molecular weight is 1230 g/mol. The molecule has 0 bridgehead atoms. The molecule has 3 heterocycles. The van der Waals surface area contributed by atoms with Crippen LogP contribution in [-0.2, 0) is 33.2 Å². The lowest BCUT2D eigenvalue weighted by atomic mass is 9.96. The normalized spacial score (nSPS) is 29.0. The molecule has 19 nitrogen and oxygen atoms in total. The Morgan fingerprint density at radius 1 is 0.407 bits per heavy atom. The van der Waals surface area contributed by atoms with Crippen molar-refractivity contribution in [1.29, 1.82) is 0 Å². The number of aliphatic hydroxyl groups excluding tert-OH is 11. The van der Waals surface area contributed by atoms with E-state index < -0.39 is 124 Å². The van der Waals surface area contributed by atoms with Gasteiger partial charge in [-0.1, -0.05) is 224 Å². The third-order valence-electron chi connectivity index (χ3n) is 17.2. The molecule has 0 spiro atoms. The monoisotopic (exact) mass is 1230 g/mol. The van der Waals surface area contributed by atoms with E-state index in [0.717, 1.165) is 38.5 Å². The number of rotatable bonds is 52. The number of hydrogen-bond acceptors (Lipinski definition) is 18. The van der Waals surface area contributed by atoms with Crippen LogP contribution in [0.4, 0.5) is 0 Å². The van der Waals surface area contributed by atoms with Crippen molar-refractivity contribution in [3.05, 3.63) is 36.5 Å². The Labute approximate surface area is 517 Å². The first kappa shape index (κ1) is 78.3. The lowest BCUT2D eigenvalue weighted by Gasteiger charge is -2.48. The van der Waals surface area contributed by atoms with E-state index in [9.17, 15) is 61.0 Å². The van der Waals surface area contributed by atoms with Crippen molar-refractivity contribution in [3.8, 4) is 0 Å². The van der Waals surface area contributed by atoms with E-state index in [1.54, 1.807) is 6.08 Å². The number of nitrogens with one attached hydrogen (secondary N) is 1. The summed E-state index contributed by atoms with van der Waals surface area (Å²) in [6.07, 6.45) is 30.1. The molecule has 3 rings (SSSR count). The fourth-order valence-electron chi connectivity index (χ4n) is 11.6. The van der Waals surface area contributed by atoms with Gasteiger partial charge in [0.1, 0.15) is 73.2 Å². The molecule has 17 atom stereocenters. The molecule has 1 amide bonds. The second-order valence-electron chi connectivity index (χ2n) is 24.6. The van der Waals surface area contributed by atoms with Gasteiger partial charge in [0.25, 0.3) is 0 Å². The van der Waals surface area contributed by atoms with Crippen LogP contribution in [0.5, 0.6) is 0 Å². The zero-order valence-corrected chi connectivity index (χ0v) is 53.0. The summed E-state index contributed by atoms with van der Waals surface area (Å²) in [7, 11) is 0. The first-order valence-corrected chi connectivity index (χ1v) is 34.2. The molecule has 3 aliphatic heterocycles. The zero-order chi connectivity index (χ0) is 62.6. The SMILES string of the molecule is CCCCCCCC/C=C/CC/C=C/C(O)C(COC1OC(CO)C(OC2OC(CO)C(OC3OC(CO)C(O)C(O)C3O)C(O)C2O)C(O)C1O)NC(=O)CCCCCCCCCCCCCCCCCCC/C=C\CCCCCCCCCC. The van der Waals surface area contributed by atoms with E-state index in [0.29, 0.717) is 12.8 Å². The number of carbonyl (C=O) groups excluding carboxylic acids is 1. The fourth-order valence-corrected chi connectivity index (χ4v) is 11.6. The molecule has 0 aromatic heterocycles. The Bertz CT molecular complexity index is 1710.